The summed E-state index contributed by atoms with van der Waals surface area (Å²) in [6.45, 7) is 0.646. The van der Waals surface area contributed by atoms with Gasteiger partial charge in [0.15, 0.2) is 0 Å². The Bertz CT molecular complexity index is 1290. The number of carbonyl (C=O) groups excluding carboxylic acids is 2. The molecule has 0 saturated carbocycles. The van der Waals surface area contributed by atoms with Crippen LogP contribution < -0.4 is 5.32 Å². The molecule has 0 unspecified atom stereocenters. The van der Waals surface area contributed by atoms with Crippen molar-refractivity contribution in [1.29, 1.82) is 0 Å². The van der Waals surface area contributed by atoms with Crippen molar-refractivity contribution in [2.45, 2.75) is 19.4 Å². The molecule has 0 radical (unpaired) electrons. The smallest absolute Gasteiger partial charge is 0.261 e. The third-order valence-corrected chi connectivity index (χ3v) is 5.16. The minimum absolute atomic E-state index is 0.253. The van der Waals surface area contributed by atoms with E-state index in [1.807, 2.05) is 42.6 Å². The van der Waals surface area contributed by atoms with Gasteiger partial charge in [0, 0.05) is 41.6 Å². The number of amides is 2. The van der Waals surface area contributed by atoms with E-state index in [4.69, 9.17) is 0 Å². The number of hydrogen-bond acceptors (Lipinski definition) is 5. The predicted octanol–water partition coefficient (Wildman–Crippen LogP) is 2.35. The molecule has 0 bridgehead atoms. The Kier molecular flexibility index (Phi) is 4.44. The average Bonchev–Trinajstić information content (AvgIpc) is 3.46. The van der Waals surface area contributed by atoms with Crippen LogP contribution in [0.2, 0.25) is 0 Å². The zero-order chi connectivity index (χ0) is 20.5. The molecule has 1 aliphatic rings. The van der Waals surface area contributed by atoms with Gasteiger partial charge in [0.05, 0.1) is 17.3 Å². The molecule has 8 nitrogen and oxygen atoms in total. The zero-order valence-electron chi connectivity index (χ0n) is 16.0. The number of fused-ring (bicyclic) bond motifs is 1. The first-order valence-electron chi connectivity index (χ1n) is 9.66. The summed E-state index contributed by atoms with van der Waals surface area (Å²) in [6, 6.07) is 11.6. The fourth-order valence-electron chi connectivity index (χ4n) is 3.75. The fourth-order valence-corrected chi connectivity index (χ4v) is 3.75. The zero-order valence-corrected chi connectivity index (χ0v) is 16.0. The Morgan fingerprint density at radius 2 is 1.87 bits per heavy atom. The van der Waals surface area contributed by atoms with Crippen molar-refractivity contribution >= 4 is 33.9 Å². The number of hydrogen-bond donors (Lipinski definition) is 2. The molecular weight excluding hydrogens is 380 g/mol. The second-order valence-electron chi connectivity index (χ2n) is 7.11. The summed E-state index contributed by atoms with van der Waals surface area (Å²) in [5.74, 6) is -0.881. The minimum atomic E-state index is -0.456. The van der Waals surface area contributed by atoms with E-state index in [-0.39, 0.29) is 5.57 Å². The van der Waals surface area contributed by atoms with Gasteiger partial charge in [-0.3, -0.25) is 24.6 Å². The highest BCUT2D eigenvalue weighted by Gasteiger charge is 2.34. The summed E-state index contributed by atoms with van der Waals surface area (Å²) in [6.07, 6.45) is 8.78. The highest BCUT2D eigenvalue weighted by atomic mass is 16.2. The maximum absolute atomic E-state index is 12.6. The van der Waals surface area contributed by atoms with Crippen LogP contribution in [0.25, 0.3) is 22.0 Å². The number of pyridine rings is 1. The first-order valence-corrected chi connectivity index (χ1v) is 9.66. The van der Waals surface area contributed by atoms with Crippen LogP contribution in [-0.2, 0) is 22.6 Å². The van der Waals surface area contributed by atoms with Crippen LogP contribution in [0, 0.1) is 0 Å². The van der Waals surface area contributed by atoms with Crippen LogP contribution in [-0.4, -0.2) is 36.8 Å². The van der Waals surface area contributed by atoms with E-state index in [1.54, 1.807) is 23.3 Å². The molecule has 30 heavy (non-hydrogen) atoms. The van der Waals surface area contributed by atoms with Crippen LogP contribution in [0.3, 0.4) is 0 Å². The highest BCUT2D eigenvalue weighted by molar-refractivity contribution is 6.49. The second-order valence-corrected chi connectivity index (χ2v) is 7.11. The summed E-state index contributed by atoms with van der Waals surface area (Å²) < 4.78 is 1.70. The molecule has 4 heterocycles. The average molecular weight is 398 g/mol. The maximum atomic E-state index is 12.6. The minimum Gasteiger partial charge on any atom is -0.361 e. The number of H-pyrrole nitrogens is 1. The Balaban J connectivity index is 1.44. The molecular formula is C22H18N6O2. The van der Waals surface area contributed by atoms with E-state index in [2.05, 4.69) is 25.6 Å². The van der Waals surface area contributed by atoms with Gasteiger partial charge in [-0.2, -0.15) is 0 Å². The molecule has 3 aromatic heterocycles. The number of nitrogens with zero attached hydrogens (tertiary/aromatic N) is 4. The van der Waals surface area contributed by atoms with Crippen LogP contribution in [0.5, 0.6) is 0 Å². The molecule has 0 spiro atoms. The molecule has 2 amide bonds. The summed E-state index contributed by atoms with van der Waals surface area (Å²) in [4.78, 5) is 32.4. The van der Waals surface area contributed by atoms with Gasteiger partial charge in [-0.05, 0) is 30.5 Å². The number of aromatic amines is 1. The van der Waals surface area contributed by atoms with Gasteiger partial charge < -0.3 is 4.98 Å². The molecule has 8 heteroatoms. The standard InChI is InChI=1S/C22H18N6O2/c29-21-19(16-12-24-17-8-2-1-7-15(16)17)20(22(30)25-21)18-13-28(27-26-18)10-4-6-14-5-3-9-23-11-14/h1-3,5,7-9,11-13,24H,4,6,10H2,(H,25,29,30). The third-order valence-electron chi connectivity index (χ3n) is 5.16. The van der Waals surface area contributed by atoms with E-state index in [1.165, 1.54) is 0 Å². The molecule has 2 N–H and O–H groups in total. The van der Waals surface area contributed by atoms with Crippen LogP contribution in [0.1, 0.15) is 23.2 Å². The largest absolute Gasteiger partial charge is 0.361 e. The van der Waals surface area contributed by atoms with Crippen LogP contribution in [0.15, 0.2) is 61.2 Å². The monoisotopic (exact) mass is 398 g/mol. The Labute approximate surface area is 171 Å². The number of carbonyl (C=O) groups is 2. The molecule has 1 aromatic carbocycles. The number of aryl methyl sites for hydroxylation is 2. The van der Waals surface area contributed by atoms with Gasteiger partial charge in [-0.15, -0.1) is 5.10 Å². The SMILES string of the molecule is O=C1NC(=O)C(c2c[nH]c3ccccc23)=C1c1cn(CCCc2cccnc2)nn1. The molecule has 4 aromatic rings. The Morgan fingerprint density at radius 1 is 1.00 bits per heavy atom. The number of para-hydroxylation sites is 1. The summed E-state index contributed by atoms with van der Waals surface area (Å²) in [5, 5.41) is 11.6. The molecule has 0 saturated heterocycles. The summed E-state index contributed by atoms with van der Waals surface area (Å²) in [5.41, 5.74) is 3.69. The van der Waals surface area contributed by atoms with Crippen molar-refractivity contribution in [3.05, 3.63) is 78.0 Å². The van der Waals surface area contributed by atoms with Crippen molar-refractivity contribution in [3.8, 4) is 0 Å². The quantitative estimate of drug-likeness (QED) is 0.485. The highest BCUT2D eigenvalue weighted by Crippen LogP contribution is 2.34. The number of imide groups is 1. The van der Waals surface area contributed by atoms with E-state index in [0.29, 0.717) is 23.4 Å². The lowest BCUT2D eigenvalue weighted by Crippen LogP contribution is -2.22. The summed E-state index contributed by atoms with van der Waals surface area (Å²) in [7, 11) is 0. The summed E-state index contributed by atoms with van der Waals surface area (Å²) >= 11 is 0. The van der Waals surface area contributed by atoms with Crippen molar-refractivity contribution in [3.63, 3.8) is 0 Å². The third kappa shape index (κ3) is 3.18. The normalized spacial score (nSPS) is 14.0. The molecule has 0 atom stereocenters. The van der Waals surface area contributed by atoms with Crippen molar-refractivity contribution in [1.82, 2.24) is 30.3 Å². The van der Waals surface area contributed by atoms with Gasteiger partial charge >= 0.3 is 0 Å². The first-order chi connectivity index (χ1) is 14.7. The van der Waals surface area contributed by atoms with Gasteiger partial charge in [-0.1, -0.05) is 29.5 Å². The molecule has 0 fully saturated rings. The lowest BCUT2D eigenvalue weighted by Gasteiger charge is -2.01. The van der Waals surface area contributed by atoms with Crippen molar-refractivity contribution in [2.24, 2.45) is 0 Å². The maximum Gasteiger partial charge on any atom is 0.261 e. The van der Waals surface area contributed by atoms with Crippen LogP contribution >= 0.6 is 0 Å². The van der Waals surface area contributed by atoms with E-state index >= 15 is 0 Å². The molecule has 148 valence electrons. The Morgan fingerprint density at radius 3 is 2.73 bits per heavy atom. The van der Waals surface area contributed by atoms with Gasteiger partial charge in [0.2, 0.25) is 0 Å². The second kappa shape index (κ2) is 7.40. The molecule has 5 rings (SSSR count). The van der Waals surface area contributed by atoms with Gasteiger partial charge in [0.25, 0.3) is 11.8 Å². The number of nitrogens with one attached hydrogen (secondary N) is 2. The van der Waals surface area contributed by atoms with E-state index < -0.39 is 11.8 Å². The Hall–Kier alpha value is -4.07. The van der Waals surface area contributed by atoms with E-state index in [9.17, 15) is 9.59 Å². The lowest BCUT2D eigenvalue weighted by atomic mass is 9.99. The van der Waals surface area contributed by atoms with Crippen LogP contribution in [0.4, 0.5) is 0 Å². The first kappa shape index (κ1) is 18.0. The van der Waals surface area contributed by atoms with Gasteiger partial charge in [-0.25, -0.2) is 0 Å². The topological polar surface area (TPSA) is 106 Å². The number of rotatable bonds is 6. The molecule has 0 aliphatic carbocycles. The van der Waals surface area contributed by atoms with Gasteiger partial charge in [0.1, 0.15) is 5.69 Å². The van der Waals surface area contributed by atoms with Crippen molar-refractivity contribution < 1.29 is 9.59 Å². The van der Waals surface area contributed by atoms with E-state index in [0.717, 1.165) is 29.3 Å². The number of benzene rings is 1. The predicted molar refractivity (Wildman–Crippen MR) is 111 cm³/mol. The lowest BCUT2D eigenvalue weighted by molar-refractivity contribution is -0.122. The number of aromatic nitrogens is 5. The molecule has 1 aliphatic heterocycles. The fraction of sp³-hybridized carbons (Fsp3) is 0.136. The van der Waals surface area contributed by atoms with Crippen molar-refractivity contribution in [2.75, 3.05) is 0 Å².